The third kappa shape index (κ3) is 4.64. The number of rotatable bonds is 7. The van der Waals surface area contributed by atoms with Gasteiger partial charge in [-0.2, -0.15) is 0 Å². The van der Waals surface area contributed by atoms with Gasteiger partial charge in [0.15, 0.2) is 0 Å². The second kappa shape index (κ2) is 9.51. The topological polar surface area (TPSA) is 115 Å². The molecule has 2 amide bonds. The molecule has 2 saturated heterocycles. The van der Waals surface area contributed by atoms with Crippen molar-refractivity contribution in [2.24, 2.45) is 11.8 Å². The van der Waals surface area contributed by atoms with Crippen molar-refractivity contribution in [1.29, 1.82) is 0 Å². The molecule has 0 aliphatic carbocycles. The van der Waals surface area contributed by atoms with Crippen LogP contribution < -0.4 is 0 Å². The van der Waals surface area contributed by atoms with Crippen molar-refractivity contribution in [3.05, 3.63) is 58.7 Å². The molecule has 10 heteroatoms. The van der Waals surface area contributed by atoms with Crippen molar-refractivity contribution in [3.63, 3.8) is 0 Å². The van der Waals surface area contributed by atoms with E-state index in [0.29, 0.717) is 11.1 Å². The Balaban J connectivity index is 2.04. The number of alkyl halides is 2. The summed E-state index contributed by atoms with van der Waals surface area (Å²) in [6.45, 7) is 6.49. The zero-order valence-electron chi connectivity index (χ0n) is 17.9. The lowest BCUT2D eigenvalue weighted by Crippen LogP contribution is -2.33. The third-order valence-corrected chi connectivity index (χ3v) is 6.12. The van der Waals surface area contributed by atoms with Gasteiger partial charge in [-0.05, 0) is 18.6 Å². The summed E-state index contributed by atoms with van der Waals surface area (Å²) in [5.74, 6) is -5.43. The van der Waals surface area contributed by atoms with Gasteiger partial charge in [0.25, 0.3) is 11.8 Å². The molecular formula is C23H24F2N2O6. The number of carboxylic acid groups (broad SMARTS) is 2. The highest BCUT2D eigenvalue weighted by molar-refractivity contribution is 6.12. The molecule has 2 heterocycles. The zero-order chi connectivity index (χ0) is 24.4. The fourth-order valence-corrected chi connectivity index (χ4v) is 4.21. The summed E-state index contributed by atoms with van der Waals surface area (Å²) >= 11 is 0. The van der Waals surface area contributed by atoms with Gasteiger partial charge < -0.3 is 20.0 Å². The largest absolute Gasteiger partial charge is 0.478 e. The number of aromatic carboxylic acids is 2. The Morgan fingerprint density at radius 3 is 1.64 bits per heavy atom. The van der Waals surface area contributed by atoms with Crippen LogP contribution in [0.4, 0.5) is 8.78 Å². The van der Waals surface area contributed by atoms with E-state index >= 15 is 0 Å². The lowest BCUT2D eigenvalue weighted by Gasteiger charge is -2.21. The van der Waals surface area contributed by atoms with Gasteiger partial charge in [-0.25, -0.2) is 9.59 Å². The summed E-state index contributed by atoms with van der Waals surface area (Å²) in [7, 11) is 0. The molecule has 2 unspecified atom stereocenters. The Morgan fingerprint density at radius 2 is 1.24 bits per heavy atom. The molecule has 0 radical (unpaired) electrons. The maximum atomic E-state index is 13.2. The predicted molar refractivity (Wildman–Crippen MR) is 114 cm³/mol. The molecular weight excluding hydrogens is 438 g/mol. The monoisotopic (exact) mass is 462 g/mol. The molecule has 0 spiro atoms. The molecule has 2 aliphatic heterocycles. The van der Waals surface area contributed by atoms with Crippen molar-refractivity contribution in [1.82, 2.24) is 9.80 Å². The number of amides is 2. The van der Waals surface area contributed by atoms with E-state index in [9.17, 15) is 38.2 Å². The van der Waals surface area contributed by atoms with E-state index < -0.39 is 54.1 Å². The number of carbonyl (C=O) groups excluding carboxylic acids is 2. The summed E-state index contributed by atoms with van der Waals surface area (Å²) < 4.78 is 25.9. The van der Waals surface area contributed by atoms with E-state index in [-0.39, 0.29) is 49.6 Å². The first-order valence-corrected chi connectivity index (χ1v) is 10.3. The van der Waals surface area contributed by atoms with E-state index in [1.165, 1.54) is 9.80 Å². The van der Waals surface area contributed by atoms with Crippen LogP contribution in [-0.2, 0) is 0 Å². The van der Waals surface area contributed by atoms with Crippen molar-refractivity contribution in [3.8, 4) is 0 Å². The van der Waals surface area contributed by atoms with Gasteiger partial charge in [0.05, 0.1) is 35.6 Å². The van der Waals surface area contributed by atoms with Crippen molar-refractivity contribution in [2.75, 3.05) is 39.5 Å². The molecule has 1 aromatic carbocycles. The average molecular weight is 462 g/mol. The van der Waals surface area contributed by atoms with Gasteiger partial charge in [-0.1, -0.05) is 24.3 Å². The van der Waals surface area contributed by atoms with Crippen LogP contribution in [0.15, 0.2) is 36.4 Å². The van der Waals surface area contributed by atoms with Crippen LogP contribution >= 0.6 is 0 Å². The third-order valence-electron chi connectivity index (χ3n) is 6.12. The smallest absolute Gasteiger partial charge is 0.336 e. The summed E-state index contributed by atoms with van der Waals surface area (Å²) in [6, 6.07) is 1.75. The number of carbonyl (C=O) groups is 4. The van der Waals surface area contributed by atoms with Gasteiger partial charge in [0, 0.05) is 38.0 Å². The summed E-state index contributed by atoms with van der Waals surface area (Å²) in [5.41, 5.74) is -0.767. The number of nitrogens with zero attached hydrogens (tertiary/aromatic N) is 2. The van der Waals surface area contributed by atoms with Crippen LogP contribution in [0.2, 0.25) is 0 Å². The van der Waals surface area contributed by atoms with Crippen LogP contribution in [0.25, 0.3) is 0 Å². The Bertz CT molecular complexity index is 1050. The maximum Gasteiger partial charge on any atom is 0.336 e. The van der Waals surface area contributed by atoms with Gasteiger partial charge in [0.1, 0.15) is 0 Å². The molecule has 2 aliphatic rings. The minimum Gasteiger partial charge on any atom is -0.478 e. The molecule has 3 rings (SSSR count). The van der Waals surface area contributed by atoms with E-state index in [1.54, 1.807) is 0 Å². The minimum absolute atomic E-state index is 0.00591. The molecule has 0 saturated carbocycles. The molecule has 8 nitrogen and oxygen atoms in total. The van der Waals surface area contributed by atoms with Gasteiger partial charge in [-0.15, -0.1) is 0 Å². The van der Waals surface area contributed by atoms with Crippen molar-refractivity contribution < 1.29 is 38.2 Å². The van der Waals surface area contributed by atoms with Gasteiger partial charge in [0.2, 0.25) is 0 Å². The number of likely N-dealkylation sites (tertiary alicyclic amines) is 2. The summed E-state index contributed by atoms with van der Waals surface area (Å²) in [5, 5.41) is 19.2. The Labute approximate surface area is 188 Å². The van der Waals surface area contributed by atoms with E-state index in [4.69, 9.17) is 0 Å². The van der Waals surface area contributed by atoms with Crippen molar-refractivity contribution >= 4 is 23.8 Å². The van der Waals surface area contributed by atoms with Crippen LogP contribution in [0.5, 0.6) is 0 Å². The fraction of sp³-hybridized carbons (Fsp3) is 0.391. The normalized spacial score (nSPS) is 20.4. The number of benzene rings is 1. The van der Waals surface area contributed by atoms with E-state index in [0.717, 1.165) is 12.1 Å². The van der Waals surface area contributed by atoms with Crippen molar-refractivity contribution in [2.45, 2.75) is 6.42 Å². The standard InChI is InChI=1S/C23H24F2N2O6/c1-12-8-26(10-14(12)3-4-24)20(28)16-5-17(19(23(32)33)6-18(16)22(30)31)21(29)27-9-13(2)15(7-25)11-27/h5-6,14-15H,1-4,7-11H2,(H,30,31)(H,32,33). The molecule has 2 atom stereocenters. The fourth-order valence-electron chi connectivity index (χ4n) is 4.21. The maximum absolute atomic E-state index is 13.2. The summed E-state index contributed by atoms with van der Waals surface area (Å²) in [6.07, 6.45) is 0.171. The highest BCUT2D eigenvalue weighted by Gasteiger charge is 2.35. The predicted octanol–water partition coefficient (Wildman–Crippen LogP) is 2.67. The van der Waals surface area contributed by atoms with E-state index in [1.807, 2.05) is 0 Å². The van der Waals surface area contributed by atoms with Crippen LogP contribution in [-0.4, -0.2) is 83.3 Å². The highest BCUT2D eigenvalue weighted by Crippen LogP contribution is 2.29. The highest BCUT2D eigenvalue weighted by atomic mass is 19.1. The Kier molecular flexibility index (Phi) is 6.95. The zero-order valence-corrected chi connectivity index (χ0v) is 17.9. The first-order valence-electron chi connectivity index (χ1n) is 10.3. The lowest BCUT2D eigenvalue weighted by molar-refractivity contribution is 0.0671. The molecule has 2 fully saturated rings. The molecule has 0 aromatic heterocycles. The van der Waals surface area contributed by atoms with Crippen LogP contribution in [0.3, 0.4) is 0 Å². The first kappa shape index (κ1) is 24.1. The number of hydrogen-bond acceptors (Lipinski definition) is 4. The second-order valence-corrected chi connectivity index (χ2v) is 8.27. The number of carboxylic acids is 2. The molecule has 0 bridgehead atoms. The van der Waals surface area contributed by atoms with E-state index in [2.05, 4.69) is 13.2 Å². The second-order valence-electron chi connectivity index (χ2n) is 8.27. The van der Waals surface area contributed by atoms with Gasteiger partial charge in [-0.3, -0.25) is 18.4 Å². The molecule has 1 aromatic rings. The average Bonchev–Trinajstić information content (AvgIpc) is 3.34. The molecule has 176 valence electrons. The van der Waals surface area contributed by atoms with Crippen LogP contribution in [0, 0.1) is 11.8 Å². The minimum atomic E-state index is -1.54. The van der Waals surface area contributed by atoms with Gasteiger partial charge >= 0.3 is 11.9 Å². The Morgan fingerprint density at radius 1 is 0.818 bits per heavy atom. The lowest BCUT2D eigenvalue weighted by atomic mass is 9.96. The SMILES string of the molecule is C=C1CN(C(=O)c2cc(C(=O)N3CC(=C)C(CCF)C3)c(C(=O)O)cc2C(=O)O)CC1CF. The Hall–Kier alpha value is -3.56. The molecule has 2 N–H and O–H groups in total. The first-order chi connectivity index (χ1) is 15.6. The molecule has 33 heavy (non-hydrogen) atoms. The van der Waals surface area contributed by atoms with Crippen LogP contribution in [0.1, 0.15) is 47.9 Å². The number of halogens is 2. The number of hydrogen-bond donors (Lipinski definition) is 2. The quantitative estimate of drug-likeness (QED) is 0.602. The summed E-state index contributed by atoms with van der Waals surface area (Å²) in [4.78, 5) is 52.5.